The number of rotatable bonds is 8. The van der Waals surface area contributed by atoms with Gasteiger partial charge in [-0.1, -0.05) is 33.1 Å². The number of carbonyl (C=O) groups is 3. The molecular weight excluding hydrogens is 328 g/mol. The Morgan fingerprint density at radius 3 is 1.72 bits per heavy atom. The van der Waals surface area contributed by atoms with Crippen LogP contribution < -0.4 is 0 Å². The lowest BCUT2D eigenvalue weighted by Crippen LogP contribution is -2.08. The first-order chi connectivity index (χ1) is 11.5. The number of hydrogen-bond acceptors (Lipinski definition) is 6. The highest BCUT2D eigenvalue weighted by atomic mass is 16.5. The van der Waals surface area contributed by atoms with Crippen LogP contribution in [0.4, 0.5) is 0 Å². The van der Waals surface area contributed by atoms with E-state index in [1.807, 2.05) is 6.92 Å². The minimum absolute atomic E-state index is 0.0473. The molecule has 0 aliphatic carbocycles. The number of carboxylic acids is 1. The van der Waals surface area contributed by atoms with Gasteiger partial charge in [0.2, 0.25) is 0 Å². The Kier molecular flexibility index (Phi) is 19.7. The van der Waals surface area contributed by atoms with E-state index < -0.39 is 11.9 Å². The maximum Gasteiger partial charge on any atom is 0.333 e. The number of unbranched alkanes of at least 4 members (excludes halogenated alkanes) is 1. The summed E-state index contributed by atoms with van der Waals surface area (Å²) in [4.78, 5) is 30.8. The topological polar surface area (TPSA) is 110 Å². The van der Waals surface area contributed by atoms with Crippen molar-refractivity contribution in [1.82, 2.24) is 0 Å². The smallest absolute Gasteiger partial charge is 0.333 e. The Hall–Kier alpha value is -2.41. The fourth-order valence-corrected chi connectivity index (χ4v) is 0.933. The summed E-state index contributed by atoms with van der Waals surface area (Å²) in [5.74, 6) is -1.67. The molecular formula is C18H30O7. The summed E-state index contributed by atoms with van der Waals surface area (Å²) in [7, 11) is 1.33. The molecule has 0 heterocycles. The fraction of sp³-hybridized carbons (Fsp3) is 0.500. The van der Waals surface area contributed by atoms with E-state index in [2.05, 4.69) is 29.2 Å². The minimum atomic E-state index is -0.872. The standard InChI is InChI=1S/C7H12O2.C6H10O3.C5H8O2/c1-3-4-5-6(2)7(8)9;1-5(2)6(8)9-4-3-7;1-4(2)5(6)7-3/h2-5H2,1H3,(H,8,9);7H,1,3-4H2,2H3;1H2,2-3H3. The third kappa shape index (κ3) is 21.6. The molecule has 0 aromatic rings. The molecule has 7 nitrogen and oxygen atoms in total. The van der Waals surface area contributed by atoms with Gasteiger partial charge < -0.3 is 19.7 Å². The maximum absolute atomic E-state index is 10.5. The van der Waals surface area contributed by atoms with Gasteiger partial charge in [-0.2, -0.15) is 0 Å². The first-order valence-corrected chi connectivity index (χ1v) is 7.63. The first kappa shape index (κ1) is 27.4. The van der Waals surface area contributed by atoms with Crippen molar-refractivity contribution in [2.24, 2.45) is 0 Å². The molecule has 0 saturated heterocycles. The zero-order chi connectivity index (χ0) is 20.4. The molecule has 0 bridgehead atoms. The first-order valence-electron chi connectivity index (χ1n) is 7.63. The average Bonchev–Trinajstić information content (AvgIpc) is 2.57. The van der Waals surface area contributed by atoms with Crippen LogP contribution in [-0.2, 0) is 23.9 Å². The molecule has 0 aliphatic rings. The highest BCUT2D eigenvalue weighted by molar-refractivity contribution is 5.87. The number of aliphatic hydroxyl groups is 1. The van der Waals surface area contributed by atoms with E-state index in [1.54, 1.807) is 13.8 Å². The van der Waals surface area contributed by atoms with Crippen LogP contribution >= 0.6 is 0 Å². The molecule has 144 valence electrons. The fourth-order valence-electron chi connectivity index (χ4n) is 0.933. The van der Waals surface area contributed by atoms with Crippen LogP contribution in [0, 0.1) is 0 Å². The number of carbonyl (C=O) groups excluding carboxylic acids is 2. The second-order valence-corrected chi connectivity index (χ2v) is 4.92. The molecule has 2 N–H and O–H groups in total. The molecule has 0 aliphatic heterocycles. The lowest BCUT2D eigenvalue weighted by molar-refractivity contribution is -0.140. The van der Waals surface area contributed by atoms with Crippen LogP contribution in [0.15, 0.2) is 36.5 Å². The maximum atomic E-state index is 10.5. The monoisotopic (exact) mass is 358 g/mol. The van der Waals surface area contributed by atoms with Crippen molar-refractivity contribution in [3.63, 3.8) is 0 Å². The van der Waals surface area contributed by atoms with E-state index in [-0.39, 0.29) is 19.2 Å². The van der Waals surface area contributed by atoms with Gasteiger partial charge in [-0.15, -0.1) is 0 Å². The van der Waals surface area contributed by atoms with Gasteiger partial charge in [0.25, 0.3) is 0 Å². The van der Waals surface area contributed by atoms with Crippen molar-refractivity contribution in [1.29, 1.82) is 0 Å². The number of ether oxygens (including phenoxy) is 2. The number of hydrogen-bond donors (Lipinski definition) is 2. The molecule has 0 atom stereocenters. The molecule has 0 aromatic carbocycles. The Morgan fingerprint density at radius 1 is 1.00 bits per heavy atom. The van der Waals surface area contributed by atoms with Gasteiger partial charge in [0, 0.05) is 16.7 Å². The van der Waals surface area contributed by atoms with E-state index >= 15 is 0 Å². The summed E-state index contributed by atoms with van der Waals surface area (Å²) >= 11 is 0. The van der Waals surface area contributed by atoms with Gasteiger partial charge in [0.1, 0.15) is 6.61 Å². The number of methoxy groups -OCH3 is 1. The van der Waals surface area contributed by atoms with Gasteiger partial charge in [0.15, 0.2) is 0 Å². The largest absolute Gasteiger partial charge is 0.478 e. The second kappa shape index (κ2) is 17.9. The van der Waals surface area contributed by atoms with Gasteiger partial charge in [-0.3, -0.25) is 0 Å². The molecule has 0 saturated carbocycles. The Morgan fingerprint density at radius 2 is 1.48 bits per heavy atom. The summed E-state index contributed by atoms with van der Waals surface area (Å²) in [6.45, 7) is 15.2. The highest BCUT2D eigenvalue weighted by Gasteiger charge is 2.01. The molecule has 0 rings (SSSR count). The molecule has 7 heteroatoms. The number of esters is 2. The molecule has 25 heavy (non-hydrogen) atoms. The summed E-state index contributed by atoms with van der Waals surface area (Å²) in [6, 6.07) is 0. The van der Waals surface area contributed by atoms with Gasteiger partial charge in [-0.05, 0) is 26.7 Å². The van der Waals surface area contributed by atoms with Crippen molar-refractivity contribution in [2.75, 3.05) is 20.3 Å². The number of aliphatic hydroxyl groups excluding tert-OH is 1. The second-order valence-electron chi connectivity index (χ2n) is 4.92. The predicted octanol–water partition coefficient (Wildman–Crippen LogP) is 2.65. The van der Waals surface area contributed by atoms with Gasteiger partial charge in [0.05, 0.1) is 13.7 Å². The molecule has 0 unspecified atom stereocenters. The third-order valence-corrected chi connectivity index (χ3v) is 2.34. The SMILES string of the molecule is C=C(C)C(=O)OC.C=C(C)C(=O)OCCO.C=C(CCCC)C(=O)O. The Labute approximate surface area is 149 Å². The van der Waals surface area contributed by atoms with Crippen molar-refractivity contribution in [3.8, 4) is 0 Å². The molecule has 0 amide bonds. The normalized spacial score (nSPS) is 8.52. The van der Waals surface area contributed by atoms with E-state index in [9.17, 15) is 14.4 Å². The van der Waals surface area contributed by atoms with E-state index in [0.29, 0.717) is 23.1 Å². The molecule has 0 radical (unpaired) electrons. The van der Waals surface area contributed by atoms with Crippen LogP contribution in [0.1, 0.15) is 40.0 Å². The van der Waals surface area contributed by atoms with Crippen LogP contribution in [0.3, 0.4) is 0 Å². The van der Waals surface area contributed by atoms with Crippen molar-refractivity contribution in [2.45, 2.75) is 40.0 Å². The lowest BCUT2D eigenvalue weighted by Gasteiger charge is -1.99. The highest BCUT2D eigenvalue weighted by Crippen LogP contribution is 2.03. The summed E-state index contributed by atoms with van der Waals surface area (Å²) in [5.41, 5.74) is 1.10. The molecule has 0 fully saturated rings. The average molecular weight is 358 g/mol. The van der Waals surface area contributed by atoms with E-state index in [0.717, 1.165) is 12.8 Å². The number of aliphatic carboxylic acids is 1. The number of carboxylic acid groups (broad SMARTS) is 1. The van der Waals surface area contributed by atoms with E-state index in [4.69, 9.17) is 10.2 Å². The summed E-state index contributed by atoms with van der Waals surface area (Å²) < 4.78 is 8.74. The third-order valence-electron chi connectivity index (χ3n) is 2.34. The van der Waals surface area contributed by atoms with Gasteiger partial charge in [-0.25, -0.2) is 14.4 Å². The van der Waals surface area contributed by atoms with Crippen molar-refractivity contribution < 1.29 is 34.1 Å². The summed E-state index contributed by atoms with van der Waals surface area (Å²) in [5, 5.41) is 16.5. The zero-order valence-corrected chi connectivity index (χ0v) is 15.6. The van der Waals surface area contributed by atoms with Crippen LogP contribution in [0.25, 0.3) is 0 Å². The van der Waals surface area contributed by atoms with Crippen LogP contribution in [0.5, 0.6) is 0 Å². The van der Waals surface area contributed by atoms with Gasteiger partial charge >= 0.3 is 17.9 Å². The van der Waals surface area contributed by atoms with Crippen LogP contribution in [0.2, 0.25) is 0 Å². The van der Waals surface area contributed by atoms with Crippen LogP contribution in [-0.4, -0.2) is 48.4 Å². The zero-order valence-electron chi connectivity index (χ0n) is 15.6. The van der Waals surface area contributed by atoms with Crippen molar-refractivity contribution >= 4 is 17.9 Å². The lowest BCUT2D eigenvalue weighted by atomic mass is 10.1. The predicted molar refractivity (Wildman–Crippen MR) is 96.0 cm³/mol. The minimum Gasteiger partial charge on any atom is -0.478 e. The molecule has 0 aromatic heterocycles. The van der Waals surface area contributed by atoms with Crippen molar-refractivity contribution in [3.05, 3.63) is 36.5 Å². The quantitative estimate of drug-likeness (QED) is 0.507. The Bertz CT molecular complexity index is 434. The Balaban J connectivity index is -0.000000293. The molecule has 0 spiro atoms. The summed E-state index contributed by atoms with van der Waals surface area (Å²) in [6.07, 6.45) is 2.56. The van der Waals surface area contributed by atoms with E-state index in [1.165, 1.54) is 7.11 Å².